The monoisotopic (exact) mass is 409 g/mol. The number of hydrogen-bond donors (Lipinski definition) is 1. The Morgan fingerprint density at radius 3 is 2.61 bits per heavy atom. The molecule has 3 aromatic rings. The van der Waals surface area contributed by atoms with Gasteiger partial charge in [-0.25, -0.2) is 0 Å². The average molecular weight is 410 g/mol. The van der Waals surface area contributed by atoms with Gasteiger partial charge in [-0.05, 0) is 54.5 Å². The number of benzene rings is 1. The lowest BCUT2D eigenvalue weighted by Crippen LogP contribution is -2.32. The number of nitrogens with one attached hydrogen (secondary N) is 1. The molecule has 0 amide bonds. The zero-order valence-electron chi connectivity index (χ0n) is 15.9. The molecule has 0 unspecified atom stereocenters. The second-order valence-corrected chi connectivity index (χ2v) is 8.71. The Kier molecular flexibility index (Phi) is 5.69. The summed E-state index contributed by atoms with van der Waals surface area (Å²) in [7, 11) is 0. The lowest BCUT2D eigenvalue weighted by Gasteiger charge is -2.27. The number of rotatable bonds is 6. The third kappa shape index (κ3) is 4.08. The molecule has 3 heterocycles. The van der Waals surface area contributed by atoms with Gasteiger partial charge in [0.1, 0.15) is 11.8 Å². The van der Waals surface area contributed by atoms with E-state index in [1.54, 1.807) is 11.8 Å². The van der Waals surface area contributed by atoms with Crippen LogP contribution in [0, 0.1) is 5.92 Å². The van der Waals surface area contributed by atoms with E-state index in [1.165, 1.54) is 0 Å². The second-order valence-electron chi connectivity index (χ2n) is 7.24. The van der Waals surface area contributed by atoms with Gasteiger partial charge in [-0.3, -0.25) is 4.98 Å². The lowest BCUT2D eigenvalue weighted by molar-refractivity contribution is 0.242. The summed E-state index contributed by atoms with van der Waals surface area (Å²) in [5.74, 6) is 1.39. The SMILES string of the molecule is CC(C)CN1C(=S)N[C@H](c2ccccn2)[C@H]1c1ccc(Sc2ccccc2)o1. The van der Waals surface area contributed by atoms with Gasteiger partial charge in [-0.2, -0.15) is 0 Å². The molecule has 0 radical (unpaired) electrons. The Morgan fingerprint density at radius 2 is 1.89 bits per heavy atom. The van der Waals surface area contributed by atoms with Gasteiger partial charge in [0, 0.05) is 17.6 Å². The van der Waals surface area contributed by atoms with Crippen LogP contribution >= 0.6 is 24.0 Å². The first-order valence-corrected chi connectivity index (χ1v) is 10.6. The summed E-state index contributed by atoms with van der Waals surface area (Å²) in [6.45, 7) is 5.26. The van der Waals surface area contributed by atoms with Crippen LogP contribution in [0.3, 0.4) is 0 Å². The Morgan fingerprint density at radius 1 is 1.11 bits per heavy atom. The molecule has 2 aromatic heterocycles. The van der Waals surface area contributed by atoms with Gasteiger partial charge in [0.05, 0.1) is 11.7 Å². The van der Waals surface area contributed by atoms with Gasteiger partial charge in [0.25, 0.3) is 0 Å². The number of pyridine rings is 1. The van der Waals surface area contributed by atoms with Crippen molar-refractivity contribution in [3.05, 3.63) is 78.3 Å². The number of thiocarbonyl (C=S) groups is 1. The van der Waals surface area contributed by atoms with Gasteiger partial charge in [0.2, 0.25) is 0 Å². The molecule has 1 N–H and O–H groups in total. The summed E-state index contributed by atoms with van der Waals surface area (Å²) in [4.78, 5) is 7.95. The molecule has 6 heteroatoms. The van der Waals surface area contributed by atoms with E-state index in [9.17, 15) is 0 Å². The van der Waals surface area contributed by atoms with Gasteiger partial charge in [-0.1, -0.05) is 49.9 Å². The summed E-state index contributed by atoms with van der Waals surface area (Å²) in [6, 6.07) is 20.3. The zero-order chi connectivity index (χ0) is 19.5. The molecule has 0 spiro atoms. The van der Waals surface area contributed by atoms with Crippen LogP contribution in [0.4, 0.5) is 0 Å². The Labute approximate surface area is 175 Å². The first-order chi connectivity index (χ1) is 13.6. The third-order valence-corrected chi connectivity index (χ3v) is 5.90. The van der Waals surface area contributed by atoms with Crippen LogP contribution in [0.25, 0.3) is 0 Å². The van der Waals surface area contributed by atoms with Gasteiger partial charge in [0.15, 0.2) is 10.2 Å². The maximum atomic E-state index is 6.28. The molecular weight excluding hydrogens is 386 g/mol. The van der Waals surface area contributed by atoms with E-state index < -0.39 is 0 Å². The quantitative estimate of drug-likeness (QED) is 0.546. The maximum Gasteiger partial charge on any atom is 0.170 e. The first kappa shape index (κ1) is 19.0. The number of aromatic nitrogens is 1. The van der Waals surface area contributed by atoms with Crippen molar-refractivity contribution in [3.63, 3.8) is 0 Å². The van der Waals surface area contributed by atoms with E-state index in [-0.39, 0.29) is 12.1 Å². The predicted molar refractivity (Wildman–Crippen MR) is 116 cm³/mol. The van der Waals surface area contributed by atoms with Crippen molar-refractivity contribution in [3.8, 4) is 0 Å². The topological polar surface area (TPSA) is 41.3 Å². The Balaban J connectivity index is 1.65. The fraction of sp³-hybridized carbons (Fsp3) is 0.273. The lowest BCUT2D eigenvalue weighted by atomic mass is 10.0. The largest absolute Gasteiger partial charge is 0.452 e. The summed E-state index contributed by atoms with van der Waals surface area (Å²) in [5.41, 5.74) is 0.967. The molecule has 28 heavy (non-hydrogen) atoms. The molecule has 4 nitrogen and oxygen atoms in total. The molecule has 1 fully saturated rings. The minimum absolute atomic E-state index is 0.0186. The summed E-state index contributed by atoms with van der Waals surface area (Å²) < 4.78 is 6.28. The highest BCUT2D eigenvalue weighted by atomic mass is 32.2. The molecule has 1 saturated heterocycles. The fourth-order valence-corrected chi connectivity index (χ4v) is 4.57. The van der Waals surface area contributed by atoms with Gasteiger partial charge in [-0.15, -0.1) is 0 Å². The van der Waals surface area contributed by atoms with Crippen molar-refractivity contribution in [1.29, 1.82) is 0 Å². The van der Waals surface area contributed by atoms with E-state index in [0.29, 0.717) is 5.92 Å². The van der Waals surface area contributed by atoms with Crippen LogP contribution < -0.4 is 5.32 Å². The molecule has 144 valence electrons. The van der Waals surface area contributed by atoms with E-state index in [1.807, 2.05) is 48.7 Å². The van der Waals surface area contributed by atoms with Crippen molar-refractivity contribution in [1.82, 2.24) is 15.2 Å². The van der Waals surface area contributed by atoms with Crippen LogP contribution in [0.2, 0.25) is 0 Å². The Hall–Kier alpha value is -2.31. The normalized spacial score (nSPS) is 19.2. The van der Waals surface area contributed by atoms with Gasteiger partial charge < -0.3 is 14.6 Å². The third-order valence-electron chi connectivity index (χ3n) is 4.61. The highest BCUT2D eigenvalue weighted by Gasteiger charge is 2.41. The average Bonchev–Trinajstić information content (AvgIpc) is 3.27. The fourth-order valence-electron chi connectivity index (χ4n) is 3.46. The summed E-state index contributed by atoms with van der Waals surface area (Å²) in [6.07, 6.45) is 1.82. The number of furan rings is 1. The second kappa shape index (κ2) is 8.37. The van der Waals surface area contributed by atoms with Crippen LogP contribution in [0.5, 0.6) is 0 Å². The van der Waals surface area contributed by atoms with E-state index in [2.05, 4.69) is 47.2 Å². The van der Waals surface area contributed by atoms with Crippen LogP contribution in [-0.4, -0.2) is 21.5 Å². The minimum atomic E-state index is -0.0341. The van der Waals surface area contributed by atoms with Gasteiger partial charge >= 0.3 is 0 Å². The maximum absolute atomic E-state index is 6.28. The zero-order valence-corrected chi connectivity index (χ0v) is 17.5. The van der Waals surface area contributed by atoms with E-state index >= 15 is 0 Å². The van der Waals surface area contributed by atoms with Crippen LogP contribution in [0.1, 0.15) is 37.4 Å². The molecule has 0 aliphatic carbocycles. The number of hydrogen-bond acceptors (Lipinski definition) is 4. The smallest absolute Gasteiger partial charge is 0.170 e. The van der Waals surface area contributed by atoms with Crippen LogP contribution in [-0.2, 0) is 0 Å². The molecule has 1 aromatic carbocycles. The summed E-state index contributed by atoms with van der Waals surface area (Å²) in [5, 5.41) is 5.09. The first-order valence-electron chi connectivity index (χ1n) is 9.42. The highest BCUT2D eigenvalue weighted by molar-refractivity contribution is 7.99. The van der Waals surface area contributed by atoms with Crippen LogP contribution in [0.15, 0.2) is 81.3 Å². The molecule has 0 bridgehead atoms. The van der Waals surface area contributed by atoms with Crippen molar-refractivity contribution in [2.24, 2.45) is 5.92 Å². The standard InChI is InChI=1S/C22H23N3OS2/c1-15(2)14-25-21(20(24-22(25)27)17-10-6-7-13-23-17)18-11-12-19(26-18)28-16-8-4-3-5-9-16/h3-13,15,20-21H,14H2,1-2H3,(H,24,27)/t20-,21-/m1/s1. The molecule has 1 aliphatic heterocycles. The Bertz CT molecular complexity index is 927. The van der Waals surface area contributed by atoms with Crippen molar-refractivity contribution < 1.29 is 4.42 Å². The van der Waals surface area contributed by atoms with Crippen molar-refractivity contribution in [2.45, 2.75) is 35.9 Å². The number of nitrogens with zero attached hydrogens (tertiary/aromatic N) is 2. The molecule has 0 saturated carbocycles. The molecule has 4 rings (SSSR count). The molecule has 2 atom stereocenters. The van der Waals surface area contributed by atoms with Crippen molar-refractivity contribution >= 4 is 29.1 Å². The minimum Gasteiger partial charge on any atom is -0.452 e. The van der Waals surface area contributed by atoms with Crippen molar-refractivity contribution in [2.75, 3.05) is 6.54 Å². The van der Waals surface area contributed by atoms with E-state index in [4.69, 9.17) is 16.6 Å². The summed E-state index contributed by atoms with van der Waals surface area (Å²) >= 11 is 7.29. The molecular formula is C22H23N3OS2. The predicted octanol–water partition coefficient (Wildman–Crippen LogP) is 5.45. The highest BCUT2D eigenvalue weighted by Crippen LogP contribution is 2.41. The van der Waals surface area contributed by atoms with E-state index in [0.717, 1.165) is 33.1 Å². The molecule has 1 aliphatic rings.